The van der Waals surface area contributed by atoms with Gasteiger partial charge in [-0.25, -0.2) is 0 Å². The van der Waals surface area contributed by atoms with E-state index in [1.54, 1.807) is 0 Å². The molecule has 6 unspecified atom stereocenters. The first-order valence-electron chi connectivity index (χ1n) is 5.88. The molecule has 152 valence electrons. The second-order valence-corrected chi connectivity index (χ2v) is 3.45. The van der Waals surface area contributed by atoms with Gasteiger partial charge >= 0.3 is 0 Å². The van der Waals surface area contributed by atoms with Crippen LogP contribution < -0.4 is 0 Å². The predicted molar refractivity (Wildman–Crippen MR) is 60.1 cm³/mol. The number of hydrogen-bond acceptors (Lipinski definition) is 17. The maximum absolute atomic E-state index is 9.09. The van der Waals surface area contributed by atoms with Crippen molar-refractivity contribution in [1.82, 2.24) is 0 Å². The van der Waals surface area contributed by atoms with Crippen LogP contribution in [0, 0.1) is 0 Å². The minimum atomic E-state index is -2.50. The van der Waals surface area contributed by atoms with Crippen LogP contribution in [0.2, 0.25) is 0 Å². The van der Waals surface area contributed by atoms with Crippen LogP contribution in [0.3, 0.4) is 0 Å². The molecule has 0 amide bonds. The van der Waals surface area contributed by atoms with Crippen LogP contribution in [0.1, 0.15) is 0 Å². The van der Waals surface area contributed by atoms with Gasteiger partial charge < -0.3 is 51.1 Å². The number of ether oxygens (including phenoxy) is 7. The Balaban J connectivity index is 4.05. The summed E-state index contributed by atoms with van der Waals surface area (Å²) in [6, 6.07) is 0. The van der Waals surface area contributed by atoms with Gasteiger partial charge in [-0.2, -0.15) is 0 Å². The van der Waals surface area contributed by atoms with Crippen molar-refractivity contribution in [2.45, 2.75) is 51.8 Å². The van der Waals surface area contributed by atoms with Crippen LogP contribution in [0.5, 0.6) is 0 Å². The van der Waals surface area contributed by atoms with Gasteiger partial charge in [0, 0.05) is 0 Å². The number of aliphatic hydroxyl groups is 10. The lowest BCUT2D eigenvalue weighted by molar-refractivity contribution is -0.490. The third-order valence-electron chi connectivity index (χ3n) is 1.64. The van der Waals surface area contributed by atoms with E-state index in [1.165, 1.54) is 0 Å². The van der Waals surface area contributed by atoms with Crippen LogP contribution in [0.25, 0.3) is 0 Å². The monoisotopic (exact) mass is 386 g/mol. The van der Waals surface area contributed by atoms with Gasteiger partial charge in [-0.15, -0.1) is 0 Å². The molecule has 0 aromatic carbocycles. The molecule has 0 aliphatic carbocycles. The first-order valence-corrected chi connectivity index (χ1v) is 5.88. The lowest BCUT2D eigenvalue weighted by Gasteiger charge is -2.23. The molecule has 0 fully saturated rings. The second-order valence-electron chi connectivity index (χ2n) is 3.45. The summed E-state index contributed by atoms with van der Waals surface area (Å²) in [6.45, 7) is -19.6. The van der Waals surface area contributed by atoms with E-state index in [0.717, 1.165) is 0 Å². The van der Waals surface area contributed by atoms with Crippen molar-refractivity contribution in [3.05, 3.63) is 0 Å². The number of hydrogen-bond donors (Lipinski definition) is 10. The van der Waals surface area contributed by atoms with E-state index in [1.807, 2.05) is 0 Å². The molecule has 17 heteroatoms. The molecule has 0 saturated carbocycles. The molecule has 6 atom stereocenters. The zero-order valence-electron chi connectivity index (χ0n) is 11.9. The fourth-order valence-electron chi connectivity index (χ4n) is 0.899. The van der Waals surface area contributed by atoms with Crippen molar-refractivity contribution in [2.75, 3.05) is 0 Å². The van der Waals surface area contributed by atoms with Gasteiger partial charge in [-0.05, 0) is 0 Å². The summed E-state index contributed by atoms with van der Waals surface area (Å²) in [7, 11) is 0. The van der Waals surface area contributed by atoms with Gasteiger partial charge in [-0.3, -0.25) is 33.2 Å². The summed E-state index contributed by atoms with van der Waals surface area (Å²) < 4.78 is 27.7. The smallest absolute Gasteiger partial charge is 0.277 e. The highest BCUT2D eigenvalue weighted by molar-refractivity contribution is 4.26. The Kier molecular flexibility index (Phi) is 12.3. The Labute approximate surface area is 137 Å². The molecule has 0 radical (unpaired) electrons. The van der Waals surface area contributed by atoms with E-state index in [4.69, 9.17) is 51.1 Å². The minimum Gasteiger partial charge on any atom is -0.346 e. The van der Waals surface area contributed by atoms with Crippen molar-refractivity contribution in [2.24, 2.45) is 0 Å². The van der Waals surface area contributed by atoms with E-state index >= 15 is 0 Å². The molecule has 10 N–H and O–H groups in total. The molecule has 0 heterocycles. The molecule has 0 bridgehead atoms. The molecular formula is C8H18O17. The van der Waals surface area contributed by atoms with Gasteiger partial charge in [0.1, 0.15) is 0 Å². The Hall–Kier alpha value is -0.680. The molecule has 0 aromatic rings. The number of aliphatic hydroxyl groups excluding tert-OH is 8. The molecule has 0 rings (SSSR count). The van der Waals surface area contributed by atoms with Crippen molar-refractivity contribution in [1.29, 1.82) is 0 Å². The quantitative estimate of drug-likeness (QED) is 0.124. The number of rotatable bonds is 14. The fraction of sp³-hybridized carbons (Fsp3) is 1.00. The van der Waals surface area contributed by atoms with Gasteiger partial charge in [0.2, 0.25) is 0 Å². The highest BCUT2D eigenvalue weighted by Gasteiger charge is 2.24. The second kappa shape index (κ2) is 12.6. The third kappa shape index (κ3) is 14.2. The van der Waals surface area contributed by atoms with Gasteiger partial charge in [0.25, 0.3) is 51.8 Å². The first-order chi connectivity index (χ1) is 11.5. The van der Waals surface area contributed by atoms with Gasteiger partial charge in [0.15, 0.2) is 0 Å². The lowest BCUT2D eigenvalue weighted by atomic mass is 11.0. The van der Waals surface area contributed by atoms with Crippen molar-refractivity contribution < 1.29 is 84.2 Å². The Morgan fingerprint density at radius 3 is 0.600 bits per heavy atom. The summed E-state index contributed by atoms with van der Waals surface area (Å²) in [6.07, 6.45) is 0. The highest BCUT2D eigenvalue weighted by Crippen LogP contribution is 2.07. The first kappa shape index (κ1) is 24.3. The highest BCUT2D eigenvalue weighted by atomic mass is 17.0. The van der Waals surface area contributed by atoms with E-state index in [2.05, 4.69) is 33.2 Å². The standard InChI is InChI=1S/C8H18O17/c9-1(10)19-3(13)21-5(15)23-7(17)25-8(18)24-6(16)22-4(14)20-2(11)12/h1-18H. The lowest BCUT2D eigenvalue weighted by Crippen LogP contribution is -2.37. The van der Waals surface area contributed by atoms with Crippen LogP contribution in [-0.4, -0.2) is 103 Å². The fourth-order valence-corrected chi connectivity index (χ4v) is 0.899. The largest absolute Gasteiger partial charge is 0.346 e. The van der Waals surface area contributed by atoms with E-state index < -0.39 is 51.8 Å². The van der Waals surface area contributed by atoms with Crippen LogP contribution in [-0.2, 0) is 33.2 Å². The third-order valence-corrected chi connectivity index (χ3v) is 1.64. The molecule has 25 heavy (non-hydrogen) atoms. The summed E-state index contributed by atoms with van der Waals surface area (Å²) in [5.74, 6) is 0. The maximum atomic E-state index is 9.09. The summed E-state index contributed by atoms with van der Waals surface area (Å²) >= 11 is 0. The molecule has 0 aliphatic heterocycles. The minimum absolute atomic E-state index is 2.39. The van der Waals surface area contributed by atoms with Crippen molar-refractivity contribution in [3.8, 4) is 0 Å². The van der Waals surface area contributed by atoms with Crippen molar-refractivity contribution >= 4 is 0 Å². The molecule has 0 aromatic heterocycles. The van der Waals surface area contributed by atoms with Crippen molar-refractivity contribution in [3.63, 3.8) is 0 Å². The summed E-state index contributed by atoms with van der Waals surface area (Å²) in [5.41, 5.74) is 0. The topological polar surface area (TPSA) is 267 Å². The van der Waals surface area contributed by atoms with Gasteiger partial charge in [0.05, 0.1) is 0 Å². The Morgan fingerprint density at radius 2 is 0.440 bits per heavy atom. The van der Waals surface area contributed by atoms with Crippen LogP contribution in [0.15, 0.2) is 0 Å². The van der Waals surface area contributed by atoms with Crippen LogP contribution in [0.4, 0.5) is 0 Å². The summed E-state index contributed by atoms with van der Waals surface area (Å²) in [4.78, 5) is 0. The Bertz CT molecular complexity index is 296. The SMILES string of the molecule is OC(O)OC(O)OC(O)OC(O)OC(O)OC(O)OC(O)OC(O)O. The van der Waals surface area contributed by atoms with E-state index in [9.17, 15) is 0 Å². The van der Waals surface area contributed by atoms with E-state index in [-0.39, 0.29) is 0 Å². The van der Waals surface area contributed by atoms with Gasteiger partial charge in [-0.1, -0.05) is 0 Å². The zero-order valence-corrected chi connectivity index (χ0v) is 11.9. The Morgan fingerprint density at radius 1 is 0.280 bits per heavy atom. The molecule has 0 aliphatic rings. The zero-order chi connectivity index (χ0) is 19.6. The average Bonchev–Trinajstić information content (AvgIpc) is 2.34. The molecular weight excluding hydrogens is 368 g/mol. The maximum Gasteiger partial charge on any atom is 0.277 e. The average molecular weight is 386 g/mol. The normalized spacial score (nSPS) is 19.7. The van der Waals surface area contributed by atoms with E-state index in [0.29, 0.717) is 0 Å². The predicted octanol–water partition coefficient (Wildman–Crippen LogP) is -6.71. The summed E-state index contributed by atoms with van der Waals surface area (Å²) in [5, 5.41) is 87.0. The van der Waals surface area contributed by atoms with Crippen LogP contribution >= 0.6 is 0 Å². The molecule has 0 saturated heterocycles. The molecule has 17 nitrogen and oxygen atoms in total. The molecule has 0 spiro atoms.